The van der Waals surface area contributed by atoms with Crippen LogP contribution in [0.5, 0.6) is 0 Å². The Morgan fingerprint density at radius 1 is 1.30 bits per heavy atom. The molecule has 0 bridgehead atoms. The molecule has 1 aromatic carbocycles. The Kier molecular flexibility index (Phi) is 4.71. The highest BCUT2D eigenvalue weighted by Gasteiger charge is 2.37. The molecule has 1 fully saturated rings. The zero-order chi connectivity index (χ0) is 16.2. The van der Waals surface area contributed by atoms with Crippen molar-refractivity contribution in [3.05, 3.63) is 42.1 Å². The molecule has 0 radical (unpaired) electrons. The quantitative estimate of drug-likeness (QED) is 0.906. The highest BCUT2D eigenvalue weighted by molar-refractivity contribution is 7.99. The number of amides is 2. The van der Waals surface area contributed by atoms with Crippen LogP contribution >= 0.6 is 11.8 Å². The fourth-order valence-electron chi connectivity index (χ4n) is 2.26. The molecule has 1 N–H and O–H groups in total. The predicted octanol–water partition coefficient (Wildman–Crippen LogP) is 1.55. The first kappa shape index (κ1) is 15.7. The van der Waals surface area contributed by atoms with E-state index < -0.39 is 23.7 Å². The largest absolute Gasteiger partial charge is 0.494 e. The highest BCUT2D eigenvalue weighted by atomic mass is 32.2. The second-order valence-corrected chi connectivity index (χ2v) is 5.96. The molecule has 0 spiro atoms. The van der Waals surface area contributed by atoms with Gasteiger partial charge in [-0.1, -0.05) is 12.1 Å². The van der Waals surface area contributed by atoms with Crippen molar-refractivity contribution in [2.24, 2.45) is 0 Å². The van der Waals surface area contributed by atoms with Gasteiger partial charge in [-0.15, -0.1) is 11.8 Å². The van der Waals surface area contributed by atoms with Gasteiger partial charge < -0.3 is 19.7 Å². The molecule has 8 heteroatoms. The van der Waals surface area contributed by atoms with Crippen LogP contribution in [0.3, 0.4) is 0 Å². The number of rotatable bonds is 3. The number of hydrogen-bond acceptors (Lipinski definition) is 5. The van der Waals surface area contributed by atoms with Gasteiger partial charge in [0.1, 0.15) is 31.3 Å². The molecule has 2 heterocycles. The number of para-hydroxylation sites is 1. The first-order chi connectivity index (χ1) is 11.2. The molecule has 2 aliphatic rings. The van der Waals surface area contributed by atoms with E-state index in [9.17, 15) is 14.0 Å². The number of nitrogens with zero attached hydrogens (tertiary/aromatic N) is 1. The highest BCUT2D eigenvalue weighted by Crippen LogP contribution is 2.25. The Balaban J connectivity index is 1.71. The summed E-state index contributed by atoms with van der Waals surface area (Å²) in [6.07, 6.45) is 1.26. The first-order valence-corrected chi connectivity index (χ1v) is 8.21. The summed E-state index contributed by atoms with van der Waals surface area (Å²) >= 11 is 1.45. The van der Waals surface area contributed by atoms with E-state index >= 15 is 0 Å². The van der Waals surface area contributed by atoms with Crippen molar-refractivity contribution in [1.29, 1.82) is 0 Å². The SMILES string of the molecule is O=C(Nc1ccccc1F)[C@@H]1CSCN1C(=O)C1=COCCO1. The number of nitrogens with one attached hydrogen (secondary N) is 1. The van der Waals surface area contributed by atoms with Gasteiger partial charge in [0.15, 0.2) is 0 Å². The van der Waals surface area contributed by atoms with E-state index in [0.29, 0.717) is 24.8 Å². The maximum Gasteiger partial charge on any atom is 0.293 e. The lowest BCUT2D eigenvalue weighted by molar-refractivity contribution is -0.137. The third-order valence-electron chi connectivity index (χ3n) is 3.44. The lowest BCUT2D eigenvalue weighted by atomic mass is 10.2. The maximum absolute atomic E-state index is 13.6. The minimum absolute atomic E-state index is 0.0856. The lowest BCUT2D eigenvalue weighted by Crippen LogP contribution is -2.45. The van der Waals surface area contributed by atoms with Gasteiger partial charge in [-0.3, -0.25) is 9.59 Å². The third kappa shape index (κ3) is 3.42. The van der Waals surface area contributed by atoms with Gasteiger partial charge in [0.05, 0.1) is 11.6 Å². The minimum atomic E-state index is -0.682. The van der Waals surface area contributed by atoms with Crippen molar-refractivity contribution in [3.8, 4) is 0 Å². The molecule has 0 aliphatic carbocycles. The fourth-order valence-corrected chi connectivity index (χ4v) is 3.41. The van der Waals surface area contributed by atoms with Crippen LogP contribution < -0.4 is 5.32 Å². The van der Waals surface area contributed by atoms with Crippen molar-refractivity contribution in [2.45, 2.75) is 6.04 Å². The first-order valence-electron chi connectivity index (χ1n) is 7.05. The maximum atomic E-state index is 13.6. The van der Waals surface area contributed by atoms with Gasteiger partial charge in [0.2, 0.25) is 11.7 Å². The number of halogens is 1. The van der Waals surface area contributed by atoms with Crippen LogP contribution in [0.15, 0.2) is 36.3 Å². The molecule has 122 valence electrons. The topological polar surface area (TPSA) is 67.9 Å². The number of thioether (sulfide) groups is 1. The predicted molar refractivity (Wildman–Crippen MR) is 83.0 cm³/mol. The van der Waals surface area contributed by atoms with Crippen molar-refractivity contribution in [1.82, 2.24) is 4.90 Å². The van der Waals surface area contributed by atoms with Gasteiger partial charge in [-0.2, -0.15) is 0 Å². The summed E-state index contributed by atoms with van der Waals surface area (Å²) in [5.74, 6) is -0.442. The summed E-state index contributed by atoms with van der Waals surface area (Å²) < 4.78 is 24.0. The van der Waals surface area contributed by atoms with Crippen LogP contribution in [0.2, 0.25) is 0 Å². The molecule has 0 saturated carbocycles. The molecule has 6 nitrogen and oxygen atoms in total. The number of benzene rings is 1. The van der Waals surface area contributed by atoms with Crippen molar-refractivity contribution < 1.29 is 23.5 Å². The molecule has 23 heavy (non-hydrogen) atoms. The molecular formula is C15H15FN2O4S. The van der Waals surface area contributed by atoms with Crippen LogP contribution in [0.25, 0.3) is 0 Å². The van der Waals surface area contributed by atoms with E-state index in [0.717, 1.165) is 0 Å². The summed E-state index contributed by atoms with van der Waals surface area (Å²) in [5, 5.41) is 2.53. The molecule has 1 aromatic rings. The molecule has 0 unspecified atom stereocenters. The van der Waals surface area contributed by atoms with E-state index in [1.807, 2.05) is 0 Å². The lowest BCUT2D eigenvalue weighted by Gasteiger charge is -2.25. The monoisotopic (exact) mass is 338 g/mol. The van der Waals surface area contributed by atoms with Crippen LogP contribution in [-0.2, 0) is 19.1 Å². The fraction of sp³-hybridized carbons (Fsp3) is 0.333. The van der Waals surface area contributed by atoms with Gasteiger partial charge in [-0.05, 0) is 12.1 Å². The number of hydrogen-bond donors (Lipinski definition) is 1. The van der Waals surface area contributed by atoms with E-state index in [-0.39, 0.29) is 11.4 Å². The van der Waals surface area contributed by atoms with Crippen LogP contribution in [-0.4, -0.2) is 47.6 Å². The summed E-state index contributed by atoms with van der Waals surface area (Å²) in [6.45, 7) is 0.688. The van der Waals surface area contributed by atoms with Crippen molar-refractivity contribution in [2.75, 3.05) is 30.2 Å². The molecule has 2 amide bonds. The Bertz CT molecular complexity index is 652. The van der Waals surface area contributed by atoms with Gasteiger partial charge in [0, 0.05) is 5.75 Å². The second-order valence-electron chi connectivity index (χ2n) is 4.96. The van der Waals surface area contributed by atoms with E-state index in [1.165, 1.54) is 35.1 Å². The van der Waals surface area contributed by atoms with Gasteiger partial charge in [-0.25, -0.2) is 4.39 Å². The Morgan fingerprint density at radius 3 is 2.87 bits per heavy atom. The smallest absolute Gasteiger partial charge is 0.293 e. The van der Waals surface area contributed by atoms with Crippen molar-refractivity contribution >= 4 is 29.3 Å². The zero-order valence-corrected chi connectivity index (χ0v) is 13.0. The Hall–Kier alpha value is -2.22. The molecule has 1 saturated heterocycles. The standard InChI is InChI=1S/C15H15FN2O4S/c16-10-3-1-2-4-11(10)17-14(19)12-8-23-9-18(12)15(20)13-7-21-5-6-22-13/h1-4,7,12H,5-6,8-9H2,(H,17,19)/t12-/m0/s1. The number of carbonyl (C=O) groups is 2. The third-order valence-corrected chi connectivity index (χ3v) is 4.45. The van der Waals surface area contributed by atoms with E-state index in [2.05, 4.69) is 5.32 Å². The Morgan fingerprint density at radius 2 is 2.13 bits per heavy atom. The summed E-state index contributed by atoms with van der Waals surface area (Å²) in [6, 6.07) is 5.23. The number of ether oxygens (including phenoxy) is 2. The van der Waals surface area contributed by atoms with Crippen molar-refractivity contribution in [3.63, 3.8) is 0 Å². The Labute approximate surface area is 136 Å². The molecule has 1 atom stereocenters. The summed E-state index contributed by atoms with van der Waals surface area (Å²) in [4.78, 5) is 26.2. The molecular weight excluding hydrogens is 323 g/mol. The zero-order valence-electron chi connectivity index (χ0n) is 12.2. The van der Waals surface area contributed by atoms with E-state index in [1.54, 1.807) is 12.1 Å². The van der Waals surface area contributed by atoms with Crippen LogP contribution in [0, 0.1) is 5.82 Å². The number of carbonyl (C=O) groups excluding carboxylic acids is 2. The minimum Gasteiger partial charge on any atom is -0.494 e. The second kappa shape index (κ2) is 6.91. The number of anilines is 1. The average Bonchev–Trinajstić information content (AvgIpc) is 3.07. The van der Waals surface area contributed by atoms with E-state index in [4.69, 9.17) is 9.47 Å². The summed E-state index contributed by atoms with van der Waals surface area (Å²) in [5.41, 5.74) is 0.0956. The van der Waals surface area contributed by atoms with Crippen LogP contribution in [0.1, 0.15) is 0 Å². The molecule has 3 rings (SSSR count). The molecule has 2 aliphatic heterocycles. The normalized spacial score (nSPS) is 20.3. The summed E-state index contributed by atoms with van der Waals surface area (Å²) in [7, 11) is 0. The average molecular weight is 338 g/mol. The van der Waals surface area contributed by atoms with Crippen LogP contribution in [0.4, 0.5) is 10.1 Å². The molecule has 0 aromatic heterocycles. The van der Waals surface area contributed by atoms with Gasteiger partial charge >= 0.3 is 0 Å². The van der Waals surface area contributed by atoms with Gasteiger partial charge in [0.25, 0.3) is 5.91 Å².